The summed E-state index contributed by atoms with van der Waals surface area (Å²) in [7, 11) is 0. The Morgan fingerprint density at radius 2 is 2.31 bits per heavy atom. The third kappa shape index (κ3) is 2.66. The summed E-state index contributed by atoms with van der Waals surface area (Å²) in [4.78, 5) is 11.2. The van der Waals surface area contributed by atoms with Crippen LogP contribution < -0.4 is 5.56 Å². The fourth-order valence-electron chi connectivity index (χ4n) is 1.01. The van der Waals surface area contributed by atoms with Gasteiger partial charge in [0.1, 0.15) is 0 Å². The molecule has 0 aliphatic heterocycles. The van der Waals surface area contributed by atoms with Crippen LogP contribution in [0.2, 0.25) is 0 Å². The number of nitrogens with zero attached hydrogens (tertiary/aromatic N) is 2. The maximum atomic E-state index is 11.2. The summed E-state index contributed by atoms with van der Waals surface area (Å²) in [6.45, 7) is 3.96. The predicted octanol–water partition coefficient (Wildman–Crippen LogP) is 0.323. The molecule has 4 nitrogen and oxygen atoms in total. The van der Waals surface area contributed by atoms with E-state index in [9.17, 15) is 9.90 Å². The minimum absolute atomic E-state index is 0.168. The van der Waals surface area contributed by atoms with Gasteiger partial charge >= 0.3 is 0 Å². The zero-order valence-corrected chi connectivity index (χ0v) is 7.90. The molecule has 0 fully saturated rings. The van der Waals surface area contributed by atoms with E-state index in [-0.39, 0.29) is 12.1 Å². The SMILES string of the molecule is CCC(O)Cn1nc(C)ccc1=O. The van der Waals surface area contributed by atoms with Gasteiger partial charge in [0.05, 0.1) is 18.3 Å². The Hall–Kier alpha value is -1.16. The molecule has 0 amide bonds. The zero-order chi connectivity index (χ0) is 9.84. The smallest absolute Gasteiger partial charge is 0.266 e. The van der Waals surface area contributed by atoms with Crippen molar-refractivity contribution in [3.8, 4) is 0 Å². The first-order valence-corrected chi connectivity index (χ1v) is 4.36. The van der Waals surface area contributed by atoms with Crippen molar-refractivity contribution in [3.05, 3.63) is 28.2 Å². The number of aliphatic hydroxyl groups is 1. The molecule has 1 unspecified atom stereocenters. The highest BCUT2D eigenvalue weighted by molar-refractivity contribution is 4.97. The Labute approximate surface area is 76.8 Å². The molecule has 1 heterocycles. The van der Waals surface area contributed by atoms with Crippen molar-refractivity contribution in [2.24, 2.45) is 0 Å². The summed E-state index contributed by atoms with van der Waals surface area (Å²) in [5, 5.41) is 13.3. The van der Waals surface area contributed by atoms with Crippen LogP contribution in [-0.2, 0) is 6.54 Å². The molecule has 0 saturated heterocycles. The molecule has 1 N–H and O–H groups in total. The van der Waals surface area contributed by atoms with E-state index in [0.29, 0.717) is 6.42 Å². The fourth-order valence-corrected chi connectivity index (χ4v) is 1.01. The normalized spacial score (nSPS) is 12.8. The summed E-state index contributed by atoms with van der Waals surface area (Å²) in [6, 6.07) is 3.13. The molecule has 1 aromatic heterocycles. The quantitative estimate of drug-likeness (QED) is 0.732. The van der Waals surface area contributed by atoms with Gasteiger partial charge in [0, 0.05) is 6.07 Å². The van der Waals surface area contributed by atoms with Gasteiger partial charge in [-0.2, -0.15) is 5.10 Å². The van der Waals surface area contributed by atoms with E-state index >= 15 is 0 Å². The number of rotatable bonds is 3. The van der Waals surface area contributed by atoms with Crippen LogP contribution in [0.15, 0.2) is 16.9 Å². The maximum Gasteiger partial charge on any atom is 0.266 e. The monoisotopic (exact) mass is 182 g/mol. The van der Waals surface area contributed by atoms with Gasteiger partial charge in [0.2, 0.25) is 0 Å². The number of aliphatic hydroxyl groups excluding tert-OH is 1. The largest absolute Gasteiger partial charge is 0.391 e. The Morgan fingerprint density at radius 3 is 2.92 bits per heavy atom. The highest BCUT2D eigenvalue weighted by Gasteiger charge is 2.04. The molecule has 1 aromatic rings. The summed E-state index contributed by atoms with van der Waals surface area (Å²) in [6.07, 6.45) is 0.134. The lowest BCUT2D eigenvalue weighted by Gasteiger charge is -2.08. The zero-order valence-electron chi connectivity index (χ0n) is 7.90. The van der Waals surface area contributed by atoms with Crippen molar-refractivity contribution in [2.75, 3.05) is 0 Å². The molecule has 0 saturated carbocycles. The highest BCUT2D eigenvalue weighted by atomic mass is 16.3. The predicted molar refractivity (Wildman–Crippen MR) is 49.5 cm³/mol. The Morgan fingerprint density at radius 1 is 1.62 bits per heavy atom. The fraction of sp³-hybridized carbons (Fsp3) is 0.556. The lowest BCUT2D eigenvalue weighted by Crippen LogP contribution is -2.28. The van der Waals surface area contributed by atoms with Crippen molar-refractivity contribution in [2.45, 2.75) is 32.9 Å². The first-order chi connectivity index (χ1) is 6.13. The van der Waals surface area contributed by atoms with Gasteiger partial charge in [-0.1, -0.05) is 6.92 Å². The van der Waals surface area contributed by atoms with Gasteiger partial charge in [-0.25, -0.2) is 4.68 Å². The minimum Gasteiger partial charge on any atom is -0.391 e. The van der Waals surface area contributed by atoms with Crippen LogP contribution in [0.4, 0.5) is 0 Å². The van der Waals surface area contributed by atoms with Gasteiger partial charge in [0.15, 0.2) is 0 Å². The number of aryl methyl sites for hydroxylation is 1. The molecule has 72 valence electrons. The topological polar surface area (TPSA) is 55.1 Å². The molecule has 0 spiro atoms. The van der Waals surface area contributed by atoms with E-state index in [4.69, 9.17) is 0 Å². The van der Waals surface area contributed by atoms with E-state index in [1.807, 2.05) is 13.8 Å². The number of hydrogen-bond donors (Lipinski definition) is 1. The van der Waals surface area contributed by atoms with Gasteiger partial charge in [-0.3, -0.25) is 4.79 Å². The van der Waals surface area contributed by atoms with Crippen LogP contribution in [0.5, 0.6) is 0 Å². The van der Waals surface area contributed by atoms with Gasteiger partial charge < -0.3 is 5.11 Å². The number of aromatic nitrogens is 2. The molecule has 0 radical (unpaired) electrons. The van der Waals surface area contributed by atoms with E-state index in [0.717, 1.165) is 5.69 Å². The average molecular weight is 182 g/mol. The van der Waals surface area contributed by atoms with Gasteiger partial charge in [-0.15, -0.1) is 0 Å². The van der Waals surface area contributed by atoms with Crippen LogP contribution >= 0.6 is 0 Å². The van der Waals surface area contributed by atoms with Crippen molar-refractivity contribution >= 4 is 0 Å². The van der Waals surface area contributed by atoms with Crippen LogP contribution in [-0.4, -0.2) is 21.0 Å². The molecular formula is C9H14N2O2. The summed E-state index contributed by atoms with van der Waals surface area (Å²) >= 11 is 0. The van der Waals surface area contributed by atoms with Crippen molar-refractivity contribution in [1.82, 2.24) is 9.78 Å². The molecule has 1 rings (SSSR count). The van der Waals surface area contributed by atoms with E-state index < -0.39 is 6.10 Å². The van der Waals surface area contributed by atoms with E-state index in [1.165, 1.54) is 10.7 Å². The first-order valence-electron chi connectivity index (χ1n) is 4.36. The van der Waals surface area contributed by atoms with E-state index in [1.54, 1.807) is 6.07 Å². The Bertz CT molecular complexity index is 333. The molecule has 0 aliphatic rings. The molecule has 4 heteroatoms. The number of hydrogen-bond acceptors (Lipinski definition) is 3. The second-order valence-electron chi connectivity index (χ2n) is 3.06. The molecule has 13 heavy (non-hydrogen) atoms. The highest BCUT2D eigenvalue weighted by Crippen LogP contribution is 1.93. The minimum atomic E-state index is -0.494. The summed E-state index contributed by atoms with van der Waals surface area (Å²) in [5.74, 6) is 0. The molecule has 1 atom stereocenters. The molecule has 0 aromatic carbocycles. The van der Waals surface area contributed by atoms with E-state index in [2.05, 4.69) is 5.10 Å². The third-order valence-electron chi connectivity index (χ3n) is 1.85. The van der Waals surface area contributed by atoms with Crippen molar-refractivity contribution in [3.63, 3.8) is 0 Å². The van der Waals surface area contributed by atoms with Crippen LogP contribution in [0.1, 0.15) is 19.0 Å². The Kier molecular flexibility index (Phi) is 3.19. The Balaban J connectivity index is 2.87. The van der Waals surface area contributed by atoms with Gasteiger partial charge in [-0.05, 0) is 19.4 Å². The molecule has 0 bridgehead atoms. The second-order valence-corrected chi connectivity index (χ2v) is 3.06. The summed E-state index contributed by atoms with van der Waals surface area (Å²) < 4.78 is 1.30. The van der Waals surface area contributed by atoms with Crippen LogP contribution in [0.3, 0.4) is 0 Å². The second kappa shape index (κ2) is 4.18. The summed E-state index contributed by atoms with van der Waals surface area (Å²) in [5.41, 5.74) is 0.612. The van der Waals surface area contributed by atoms with Crippen LogP contribution in [0, 0.1) is 6.92 Å². The van der Waals surface area contributed by atoms with Gasteiger partial charge in [0.25, 0.3) is 5.56 Å². The average Bonchev–Trinajstić information content (AvgIpc) is 2.11. The van der Waals surface area contributed by atoms with Crippen molar-refractivity contribution in [1.29, 1.82) is 0 Å². The maximum absolute atomic E-state index is 11.2. The third-order valence-corrected chi connectivity index (χ3v) is 1.85. The van der Waals surface area contributed by atoms with Crippen LogP contribution in [0.25, 0.3) is 0 Å². The lowest BCUT2D eigenvalue weighted by atomic mass is 10.3. The first kappa shape index (κ1) is 9.92. The molecular weight excluding hydrogens is 168 g/mol. The van der Waals surface area contributed by atoms with Crippen molar-refractivity contribution < 1.29 is 5.11 Å². The molecule has 0 aliphatic carbocycles. The lowest BCUT2D eigenvalue weighted by molar-refractivity contribution is 0.143. The standard InChI is InChI=1S/C9H14N2O2/c1-3-8(12)6-11-9(13)5-4-7(2)10-11/h4-5,8,12H,3,6H2,1-2H3.